The van der Waals surface area contributed by atoms with E-state index < -0.39 is 5.97 Å². The van der Waals surface area contributed by atoms with E-state index in [1.807, 2.05) is 0 Å². The van der Waals surface area contributed by atoms with Gasteiger partial charge in [0.1, 0.15) is 0 Å². The molecule has 2 aliphatic heterocycles. The van der Waals surface area contributed by atoms with Gasteiger partial charge in [0.2, 0.25) is 0 Å². The lowest BCUT2D eigenvalue weighted by Crippen LogP contribution is -2.64. The van der Waals surface area contributed by atoms with Crippen LogP contribution in [0.2, 0.25) is 0 Å². The predicted octanol–water partition coefficient (Wildman–Crippen LogP) is 5.96. The van der Waals surface area contributed by atoms with Crippen LogP contribution in [0.25, 0.3) is 21.3 Å². The molecule has 2 aromatic heterocycles. The summed E-state index contributed by atoms with van der Waals surface area (Å²) in [5, 5.41) is 13.4. The van der Waals surface area contributed by atoms with Crippen LogP contribution in [-0.4, -0.2) is 39.6 Å². The summed E-state index contributed by atoms with van der Waals surface area (Å²) in [5.41, 5.74) is 3.91. The number of H-pyrrole nitrogens is 1. The van der Waals surface area contributed by atoms with Gasteiger partial charge in [-0.25, -0.2) is 0 Å². The molecule has 3 aromatic rings. The lowest BCUT2D eigenvalue weighted by Gasteiger charge is -2.59. The van der Waals surface area contributed by atoms with Crippen molar-refractivity contribution in [3.63, 3.8) is 0 Å². The van der Waals surface area contributed by atoms with Gasteiger partial charge in [0, 0.05) is 39.6 Å². The molecule has 2 saturated carbocycles. The Kier molecular flexibility index (Phi) is 4.73. The third-order valence-corrected chi connectivity index (χ3v) is 9.27. The second kappa shape index (κ2) is 7.49. The van der Waals surface area contributed by atoms with Crippen molar-refractivity contribution in [2.45, 2.75) is 57.0 Å². The summed E-state index contributed by atoms with van der Waals surface area (Å²) >= 11 is 1.79. The monoisotopic (exact) mass is 434 g/mol. The molecule has 6 atom stereocenters. The molecule has 7 rings (SSSR count). The lowest BCUT2D eigenvalue weighted by molar-refractivity contribution is -0.163. The van der Waals surface area contributed by atoms with Gasteiger partial charge in [0.15, 0.2) is 0 Å². The molecule has 31 heavy (non-hydrogen) atoms. The summed E-state index contributed by atoms with van der Waals surface area (Å²) in [7, 11) is 0. The number of carboxylic acid groups (broad SMARTS) is 1. The van der Waals surface area contributed by atoms with E-state index in [-0.39, 0.29) is 12.0 Å². The molecule has 4 bridgehead atoms. The Balaban J connectivity index is 1.25. The van der Waals surface area contributed by atoms with Crippen LogP contribution in [0.4, 0.5) is 0 Å². The van der Waals surface area contributed by atoms with Crippen molar-refractivity contribution >= 4 is 28.2 Å². The first-order valence-corrected chi connectivity index (χ1v) is 12.6. The highest BCUT2D eigenvalue weighted by Gasteiger charge is 2.54. The van der Waals surface area contributed by atoms with Crippen LogP contribution in [-0.2, 0) is 4.79 Å². The summed E-state index contributed by atoms with van der Waals surface area (Å²) < 4.78 is 0. The van der Waals surface area contributed by atoms with E-state index in [9.17, 15) is 9.90 Å². The molecule has 4 nitrogen and oxygen atoms in total. The fourth-order valence-corrected chi connectivity index (χ4v) is 7.83. The maximum Gasteiger partial charge on any atom is 0.308 e. The van der Waals surface area contributed by atoms with E-state index in [1.165, 1.54) is 33.3 Å². The molecule has 4 heterocycles. The molecule has 2 N–H and O–H groups in total. The fourth-order valence-electron chi connectivity index (χ4n) is 7.07. The van der Waals surface area contributed by atoms with E-state index in [4.69, 9.17) is 0 Å². The number of fused-ring (bicyclic) bond motifs is 1. The van der Waals surface area contributed by atoms with Crippen molar-refractivity contribution in [2.24, 2.45) is 17.8 Å². The van der Waals surface area contributed by atoms with Gasteiger partial charge >= 0.3 is 5.97 Å². The molecule has 0 amide bonds. The summed E-state index contributed by atoms with van der Waals surface area (Å²) in [5.74, 6) is 0.886. The van der Waals surface area contributed by atoms with Gasteiger partial charge in [-0.3, -0.25) is 9.69 Å². The molecule has 6 unspecified atom stereocenters. The third kappa shape index (κ3) is 3.16. The van der Waals surface area contributed by atoms with Gasteiger partial charge < -0.3 is 10.1 Å². The Morgan fingerprint density at radius 1 is 1.23 bits per heavy atom. The predicted molar refractivity (Wildman–Crippen MR) is 125 cm³/mol. The number of aromatic nitrogens is 1. The van der Waals surface area contributed by atoms with Gasteiger partial charge in [-0.1, -0.05) is 25.1 Å². The second-order valence-corrected chi connectivity index (χ2v) is 11.0. The molecule has 5 heteroatoms. The van der Waals surface area contributed by atoms with Gasteiger partial charge in [-0.05, 0) is 79.5 Å². The first-order valence-electron chi connectivity index (χ1n) is 11.7. The fraction of sp³-hybridized carbons (Fsp3) is 0.500. The Morgan fingerprint density at radius 2 is 2.13 bits per heavy atom. The van der Waals surface area contributed by atoms with Gasteiger partial charge in [-0.2, -0.15) is 0 Å². The zero-order valence-corrected chi connectivity index (χ0v) is 18.8. The third-order valence-electron chi connectivity index (χ3n) is 8.37. The average Bonchev–Trinajstić information content (AvgIpc) is 3.42. The van der Waals surface area contributed by atoms with Crippen LogP contribution in [0.5, 0.6) is 0 Å². The summed E-state index contributed by atoms with van der Waals surface area (Å²) in [4.78, 5) is 19.4. The average molecular weight is 435 g/mol. The highest BCUT2D eigenvalue weighted by atomic mass is 32.1. The van der Waals surface area contributed by atoms with Crippen molar-refractivity contribution in [2.75, 3.05) is 6.54 Å². The van der Waals surface area contributed by atoms with E-state index in [1.54, 1.807) is 11.3 Å². The van der Waals surface area contributed by atoms with Crippen molar-refractivity contribution in [3.8, 4) is 10.4 Å². The summed E-state index contributed by atoms with van der Waals surface area (Å²) in [6.45, 7) is 3.34. The number of nitrogens with zero attached hydrogens (tertiary/aromatic N) is 1. The van der Waals surface area contributed by atoms with Crippen LogP contribution in [0.3, 0.4) is 0 Å². The molecule has 2 aliphatic carbocycles. The first kappa shape index (κ1) is 19.6. The highest BCUT2D eigenvalue weighted by Crippen LogP contribution is 2.52. The van der Waals surface area contributed by atoms with Crippen molar-refractivity contribution in [1.82, 2.24) is 9.88 Å². The number of hydrogen-bond acceptors (Lipinski definition) is 3. The highest BCUT2D eigenvalue weighted by molar-refractivity contribution is 7.13. The Hall–Kier alpha value is -2.11. The van der Waals surface area contributed by atoms with Gasteiger partial charge in [0.05, 0.1) is 5.92 Å². The second-order valence-electron chi connectivity index (χ2n) is 10.0. The van der Waals surface area contributed by atoms with Crippen LogP contribution in [0, 0.1) is 17.8 Å². The Morgan fingerprint density at radius 3 is 2.94 bits per heavy atom. The van der Waals surface area contributed by atoms with Crippen molar-refractivity contribution in [1.29, 1.82) is 0 Å². The number of benzene rings is 1. The molecule has 4 fully saturated rings. The molecule has 2 saturated heterocycles. The zero-order chi connectivity index (χ0) is 21.1. The standard InChI is InChI=1S/C26H30N2O2S/c1-15(20-14-27-21-5-2-4-19(25(20)21)23-6-3-9-31-23)7-8-28-18-11-16-10-17(13-18)24(26(29)30)22(28)12-16/h2-6,9,14-18,22,24,27H,7-8,10-13H2,1H3,(H,29,30). The number of rotatable bonds is 6. The molecule has 0 spiro atoms. The van der Waals surface area contributed by atoms with Crippen LogP contribution < -0.4 is 0 Å². The number of carboxylic acids is 1. The minimum Gasteiger partial charge on any atom is -0.481 e. The molecular weight excluding hydrogens is 404 g/mol. The van der Waals surface area contributed by atoms with Crippen LogP contribution in [0.1, 0.15) is 50.5 Å². The molecule has 162 valence electrons. The lowest BCUT2D eigenvalue weighted by atomic mass is 9.58. The van der Waals surface area contributed by atoms with E-state index in [2.05, 4.69) is 58.7 Å². The summed E-state index contributed by atoms with van der Waals surface area (Å²) in [6, 6.07) is 11.7. The number of nitrogens with one attached hydrogen (secondary N) is 1. The number of hydrogen-bond donors (Lipinski definition) is 2. The van der Waals surface area contributed by atoms with Crippen LogP contribution >= 0.6 is 11.3 Å². The minimum absolute atomic E-state index is 0.151. The smallest absolute Gasteiger partial charge is 0.308 e. The number of piperidine rings is 2. The number of aromatic amines is 1. The number of thiophene rings is 1. The van der Waals surface area contributed by atoms with Gasteiger partial charge in [-0.15, -0.1) is 11.3 Å². The van der Waals surface area contributed by atoms with Crippen molar-refractivity contribution in [3.05, 3.63) is 47.5 Å². The normalized spacial score (nSPS) is 30.8. The van der Waals surface area contributed by atoms with E-state index >= 15 is 0 Å². The van der Waals surface area contributed by atoms with Crippen molar-refractivity contribution < 1.29 is 9.90 Å². The largest absolute Gasteiger partial charge is 0.481 e. The topological polar surface area (TPSA) is 56.3 Å². The molecule has 4 aliphatic rings. The first-order chi connectivity index (χ1) is 15.1. The minimum atomic E-state index is -0.566. The maximum absolute atomic E-state index is 12.0. The Labute approximate surface area is 187 Å². The van der Waals surface area contributed by atoms with Gasteiger partial charge in [0.25, 0.3) is 0 Å². The Bertz CT molecular complexity index is 1100. The van der Waals surface area contributed by atoms with E-state index in [0.717, 1.165) is 38.1 Å². The maximum atomic E-state index is 12.0. The summed E-state index contributed by atoms with van der Waals surface area (Å²) in [6.07, 6.45) is 7.87. The number of carbonyl (C=O) groups is 1. The zero-order valence-electron chi connectivity index (χ0n) is 18.0. The van der Waals surface area contributed by atoms with Crippen LogP contribution in [0.15, 0.2) is 41.9 Å². The number of aliphatic carboxylic acids is 1. The molecule has 1 aromatic carbocycles. The molecule has 0 radical (unpaired) electrons. The molecular formula is C26H30N2O2S. The SMILES string of the molecule is CC(CCN1C2CC3CC(C2)C(C(=O)O)C1C3)c1c[nH]c2cccc(-c3cccs3)c12. The van der Waals surface area contributed by atoms with E-state index in [0.29, 0.717) is 17.9 Å². The quantitative estimate of drug-likeness (QED) is 0.503.